The standard InChI is InChI=1S/C18H17N3O2S/c1-23-18(22)11-6-2-4-8-13(11)21-16-15-12-7-3-5-9-14(12)24-17(15)20-10-19-16/h2,4,6,8,10H,3,5,7,9H2,1H3,(H,19,20,21). The lowest BCUT2D eigenvalue weighted by Crippen LogP contribution is -2.07. The van der Waals surface area contributed by atoms with E-state index in [9.17, 15) is 4.79 Å². The second-order valence-electron chi connectivity index (χ2n) is 5.78. The molecular weight excluding hydrogens is 322 g/mol. The third-order valence-electron chi connectivity index (χ3n) is 4.34. The van der Waals surface area contributed by atoms with Gasteiger partial charge in [-0.3, -0.25) is 0 Å². The van der Waals surface area contributed by atoms with Gasteiger partial charge in [-0.05, 0) is 43.4 Å². The summed E-state index contributed by atoms with van der Waals surface area (Å²) in [5.41, 5.74) is 2.55. The fourth-order valence-corrected chi connectivity index (χ4v) is 4.42. The minimum atomic E-state index is -0.365. The van der Waals surface area contributed by atoms with Gasteiger partial charge in [-0.1, -0.05) is 12.1 Å². The van der Waals surface area contributed by atoms with Crippen LogP contribution < -0.4 is 5.32 Å². The number of hydrogen-bond donors (Lipinski definition) is 1. The van der Waals surface area contributed by atoms with Crippen LogP contribution in [0.2, 0.25) is 0 Å². The monoisotopic (exact) mass is 339 g/mol. The van der Waals surface area contributed by atoms with Crippen LogP contribution in [-0.4, -0.2) is 23.0 Å². The predicted octanol–water partition coefficient (Wildman–Crippen LogP) is 4.10. The van der Waals surface area contributed by atoms with Crippen molar-refractivity contribution in [2.45, 2.75) is 25.7 Å². The van der Waals surface area contributed by atoms with E-state index in [-0.39, 0.29) is 5.97 Å². The quantitative estimate of drug-likeness (QED) is 0.728. The average Bonchev–Trinajstić information content (AvgIpc) is 3.01. The number of fused-ring (bicyclic) bond motifs is 3. The van der Waals surface area contributed by atoms with Crippen LogP contribution in [0.3, 0.4) is 0 Å². The number of aryl methyl sites for hydroxylation is 2. The van der Waals surface area contributed by atoms with Crippen LogP contribution in [0, 0.1) is 0 Å². The van der Waals surface area contributed by atoms with E-state index in [0.717, 1.165) is 28.9 Å². The van der Waals surface area contributed by atoms with E-state index in [1.54, 1.807) is 23.7 Å². The van der Waals surface area contributed by atoms with Gasteiger partial charge in [0.2, 0.25) is 0 Å². The highest BCUT2D eigenvalue weighted by Crippen LogP contribution is 2.39. The van der Waals surface area contributed by atoms with Crippen molar-refractivity contribution in [2.75, 3.05) is 12.4 Å². The zero-order valence-electron chi connectivity index (χ0n) is 13.3. The summed E-state index contributed by atoms with van der Waals surface area (Å²) in [6.07, 6.45) is 6.20. The molecule has 0 saturated carbocycles. The van der Waals surface area contributed by atoms with E-state index in [1.165, 1.54) is 30.4 Å². The normalized spacial score (nSPS) is 13.5. The molecule has 2 aromatic heterocycles. The molecule has 0 aliphatic heterocycles. The van der Waals surface area contributed by atoms with E-state index in [2.05, 4.69) is 15.3 Å². The van der Waals surface area contributed by atoms with Crippen molar-refractivity contribution in [3.63, 3.8) is 0 Å². The van der Waals surface area contributed by atoms with E-state index in [1.807, 2.05) is 18.2 Å². The summed E-state index contributed by atoms with van der Waals surface area (Å²) >= 11 is 1.76. The van der Waals surface area contributed by atoms with Crippen LogP contribution in [0.1, 0.15) is 33.6 Å². The van der Waals surface area contributed by atoms with Crippen LogP contribution in [-0.2, 0) is 17.6 Å². The van der Waals surface area contributed by atoms with Crippen molar-refractivity contribution in [2.24, 2.45) is 0 Å². The topological polar surface area (TPSA) is 64.1 Å². The first-order valence-corrected chi connectivity index (χ1v) is 8.79. The number of nitrogens with one attached hydrogen (secondary N) is 1. The minimum Gasteiger partial charge on any atom is -0.465 e. The van der Waals surface area contributed by atoms with Crippen LogP contribution in [0.25, 0.3) is 10.2 Å². The second kappa shape index (κ2) is 6.20. The molecule has 0 fully saturated rings. The van der Waals surface area contributed by atoms with E-state index < -0.39 is 0 Å². The van der Waals surface area contributed by atoms with Gasteiger partial charge in [-0.2, -0.15) is 0 Å². The van der Waals surface area contributed by atoms with Gasteiger partial charge in [0.15, 0.2) is 0 Å². The van der Waals surface area contributed by atoms with Gasteiger partial charge >= 0.3 is 5.97 Å². The Bertz CT molecular complexity index is 920. The average molecular weight is 339 g/mol. The molecule has 122 valence electrons. The number of aromatic nitrogens is 2. The summed E-state index contributed by atoms with van der Waals surface area (Å²) in [5, 5.41) is 4.42. The van der Waals surface area contributed by atoms with Crippen LogP contribution in [0.15, 0.2) is 30.6 Å². The molecule has 1 aliphatic rings. The lowest BCUT2D eigenvalue weighted by Gasteiger charge is -2.13. The molecule has 0 amide bonds. The third-order valence-corrected chi connectivity index (χ3v) is 5.54. The van der Waals surface area contributed by atoms with Crippen molar-refractivity contribution < 1.29 is 9.53 Å². The lowest BCUT2D eigenvalue weighted by atomic mass is 9.97. The number of rotatable bonds is 3. The Labute approximate surface area is 143 Å². The molecule has 0 bridgehead atoms. The number of nitrogens with zero attached hydrogens (tertiary/aromatic N) is 2. The number of anilines is 2. The molecule has 1 aliphatic carbocycles. The molecule has 0 radical (unpaired) electrons. The van der Waals surface area contributed by atoms with Crippen molar-refractivity contribution in [3.05, 3.63) is 46.6 Å². The van der Waals surface area contributed by atoms with Gasteiger partial charge in [0.05, 0.1) is 23.7 Å². The third kappa shape index (κ3) is 2.53. The Balaban J connectivity index is 1.81. The highest BCUT2D eigenvalue weighted by Gasteiger charge is 2.20. The second-order valence-corrected chi connectivity index (χ2v) is 6.86. The molecule has 6 heteroatoms. The van der Waals surface area contributed by atoms with Gasteiger partial charge in [0, 0.05) is 4.88 Å². The molecule has 0 spiro atoms. The van der Waals surface area contributed by atoms with Gasteiger partial charge < -0.3 is 10.1 Å². The van der Waals surface area contributed by atoms with E-state index in [0.29, 0.717) is 11.3 Å². The first-order valence-electron chi connectivity index (χ1n) is 7.97. The number of ether oxygens (including phenoxy) is 1. The highest BCUT2D eigenvalue weighted by atomic mass is 32.1. The summed E-state index contributed by atoms with van der Waals surface area (Å²) in [4.78, 5) is 23.3. The summed E-state index contributed by atoms with van der Waals surface area (Å²) in [6.45, 7) is 0. The first-order chi connectivity index (χ1) is 11.8. The molecule has 3 aromatic rings. The zero-order chi connectivity index (χ0) is 16.5. The maximum absolute atomic E-state index is 12.0. The number of para-hydroxylation sites is 1. The Morgan fingerprint density at radius 3 is 2.92 bits per heavy atom. The molecule has 4 rings (SSSR count). The Hall–Kier alpha value is -2.47. The maximum atomic E-state index is 12.0. The first kappa shape index (κ1) is 15.1. The number of esters is 1. The predicted molar refractivity (Wildman–Crippen MR) is 95.1 cm³/mol. The smallest absolute Gasteiger partial charge is 0.339 e. The number of thiophene rings is 1. The summed E-state index contributed by atoms with van der Waals surface area (Å²) in [5.74, 6) is 0.395. The maximum Gasteiger partial charge on any atom is 0.339 e. The molecule has 0 atom stereocenters. The lowest BCUT2D eigenvalue weighted by molar-refractivity contribution is 0.0602. The minimum absolute atomic E-state index is 0.365. The van der Waals surface area contributed by atoms with Gasteiger partial charge in [-0.15, -0.1) is 11.3 Å². The fourth-order valence-electron chi connectivity index (χ4n) is 3.19. The summed E-state index contributed by atoms with van der Waals surface area (Å²) < 4.78 is 4.87. The van der Waals surface area contributed by atoms with Gasteiger partial charge in [0.1, 0.15) is 17.0 Å². The van der Waals surface area contributed by atoms with Crippen LogP contribution in [0.5, 0.6) is 0 Å². The molecule has 1 aromatic carbocycles. The molecule has 5 nitrogen and oxygen atoms in total. The van der Waals surface area contributed by atoms with Crippen molar-refractivity contribution in [1.82, 2.24) is 9.97 Å². The van der Waals surface area contributed by atoms with Gasteiger partial charge in [0.25, 0.3) is 0 Å². The van der Waals surface area contributed by atoms with Crippen LogP contribution >= 0.6 is 11.3 Å². The van der Waals surface area contributed by atoms with E-state index in [4.69, 9.17) is 4.74 Å². The molecule has 24 heavy (non-hydrogen) atoms. The Kier molecular flexibility index (Phi) is 3.90. The Morgan fingerprint density at radius 1 is 1.21 bits per heavy atom. The fraction of sp³-hybridized carbons (Fsp3) is 0.278. The van der Waals surface area contributed by atoms with Crippen molar-refractivity contribution >= 4 is 39.0 Å². The number of methoxy groups -OCH3 is 1. The SMILES string of the molecule is COC(=O)c1ccccc1Nc1ncnc2sc3c(c12)CCCC3. The van der Waals surface area contributed by atoms with Crippen molar-refractivity contribution in [3.8, 4) is 0 Å². The van der Waals surface area contributed by atoms with Crippen molar-refractivity contribution in [1.29, 1.82) is 0 Å². The van der Waals surface area contributed by atoms with Gasteiger partial charge in [-0.25, -0.2) is 14.8 Å². The molecule has 2 heterocycles. The molecule has 1 N–H and O–H groups in total. The summed E-state index contributed by atoms with van der Waals surface area (Å²) in [7, 11) is 1.39. The molecule has 0 unspecified atom stereocenters. The largest absolute Gasteiger partial charge is 0.465 e. The number of hydrogen-bond acceptors (Lipinski definition) is 6. The molecule has 0 saturated heterocycles. The summed E-state index contributed by atoms with van der Waals surface area (Å²) in [6, 6.07) is 7.31. The Morgan fingerprint density at radius 2 is 2.04 bits per heavy atom. The number of benzene rings is 1. The number of carbonyl (C=O) groups is 1. The zero-order valence-corrected chi connectivity index (χ0v) is 14.2. The van der Waals surface area contributed by atoms with Crippen LogP contribution in [0.4, 0.5) is 11.5 Å². The van der Waals surface area contributed by atoms with E-state index >= 15 is 0 Å². The number of carbonyl (C=O) groups excluding carboxylic acids is 1. The molecular formula is C18H17N3O2S. The highest BCUT2D eigenvalue weighted by molar-refractivity contribution is 7.19.